The van der Waals surface area contributed by atoms with Gasteiger partial charge in [-0.2, -0.15) is 0 Å². The Hall–Kier alpha value is -1.47. The van der Waals surface area contributed by atoms with Crippen LogP contribution in [0.2, 0.25) is 0 Å². The van der Waals surface area contributed by atoms with Crippen molar-refractivity contribution in [3.05, 3.63) is 11.9 Å². The molecule has 1 saturated heterocycles. The first-order chi connectivity index (χ1) is 11.4. The van der Waals surface area contributed by atoms with Crippen molar-refractivity contribution >= 4 is 5.91 Å². The van der Waals surface area contributed by atoms with Gasteiger partial charge in [0.15, 0.2) is 0 Å². The van der Waals surface area contributed by atoms with E-state index in [-0.39, 0.29) is 30.0 Å². The standard InChI is InChI=1S/C17H28N4O3/c1-11-8-9-24-15(11)16(22)18-12-6-4-5-7-13(12)21-10-14(19-20-21)17(2,3)23/h10-13,15,23H,4-9H2,1-3H3,(H,18,22)/t11-,12+,13-,15-/m1/s1. The second-order valence-corrected chi connectivity index (χ2v) is 7.67. The van der Waals surface area contributed by atoms with Crippen molar-refractivity contribution in [3.63, 3.8) is 0 Å². The van der Waals surface area contributed by atoms with Crippen LogP contribution in [0.4, 0.5) is 0 Å². The summed E-state index contributed by atoms with van der Waals surface area (Å²) in [4.78, 5) is 12.5. The van der Waals surface area contributed by atoms with Crippen molar-refractivity contribution in [1.82, 2.24) is 20.3 Å². The summed E-state index contributed by atoms with van der Waals surface area (Å²) in [5.41, 5.74) is -0.468. The Balaban J connectivity index is 1.71. The second kappa shape index (κ2) is 6.80. The number of amides is 1. The molecule has 0 aromatic carbocycles. The van der Waals surface area contributed by atoms with Gasteiger partial charge in [0.2, 0.25) is 5.91 Å². The Morgan fingerprint density at radius 1 is 1.38 bits per heavy atom. The molecule has 3 rings (SSSR count). The van der Waals surface area contributed by atoms with Crippen molar-refractivity contribution in [2.45, 2.75) is 76.7 Å². The van der Waals surface area contributed by atoms with Crippen LogP contribution in [0.1, 0.15) is 64.6 Å². The van der Waals surface area contributed by atoms with Gasteiger partial charge >= 0.3 is 0 Å². The summed E-state index contributed by atoms with van der Waals surface area (Å²) in [7, 11) is 0. The average molecular weight is 336 g/mol. The number of nitrogens with one attached hydrogen (secondary N) is 1. The zero-order valence-electron chi connectivity index (χ0n) is 14.7. The van der Waals surface area contributed by atoms with Gasteiger partial charge in [-0.15, -0.1) is 5.10 Å². The quantitative estimate of drug-likeness (QED) is 0.870. The Morgan fingerprint density at radius 2 is 2.12 bits per heavy atom. The van der Waals surface area contributed by atoms with E-state index in [1.165, 1.54) is 0 Å². The minimum absolute atomic E-state index is 0.0141. The third kappa shape index (κ3) is 3.62. The van der Waals surface area contributed by atoms with Gasteiger partial charge < -0.3 is 15.2 Å². The Kier molecular flexibility index (Phi) is 4.92. The van der Waals surface area contributed by atoms with Gasteiger partial charge in [0, 0.05) is 6.61 Å². The van der Waals surface area contributed by atoms with Gasteiger partial charge in [0.1, 0.15) is 17.4 Å². The summed E-state index contributed by atoms with van der Waals surface area (Å²) in [6, 6.07) is 0.0991. The number of aromatic nitrogens is 3. The first-order valence-corrected chi connectivity index (χ1v) is 8.93. The summed E-state index contributed by atoms with van der Waals surface area (Å²) >= 11 is 0. The monoisotopic (exact) mass is 336 g/mol. The Morgan fingerprint density at radius 3 is 2.75 bits per heavy atom. The predicted octanol–water partition coefficient (Wildman–Crippen LogP) is 1.53. The minimum Gasteiger partial charge on any atom is -0.384 e. The fraction of sp³-hybridized carbons (Fsp3) is 0.824. The molecule has 2 heterocycles. The number of nitrogens with zero attached hydrogens (tertiary/aromatic N) is 3. The third-order valence-corrected chi connectivity index (χ3v) is 5.18. The number of hydrogen-bond acceptors (Lipinski definition) is 5. The van der Waals surface area contributed by atoms with Gasteiger partial charge in [-0.3, -0.25) is 4.79 Å². The average Bonchev–Trinajstić information content (AvgIpc) is 3.16. The predicted molar refractivity (Wildman–Crippen MR) is 88.2 cm³/mol. The SMILES string of the molecule is C[C@@H]1CCO[C@H]1C(=O)N[C@H]1CCCC[C@H]1n1cc(C(C)(C)O)nn1. The molecule has 24 heavy (non-hydrogen) atoms. The molecule has 0 unspecified atom stereocenters. The first kappa shape index (κ1) is 17.4. The molecule has 134 valence electrons. The molecule has 7 heteroatoms. The lowest BCUT2D eigenvalue weighted by atomic mass is 9.89. The van der Waals surface area contributed by atoms with Gasteiger partial charge in [-0.25, -0.2) is 4.68 Å². The fourth-order valence-corrected chi connectivity index (χ4v) is 3.61. The summed E-state index contributed by atoms with van der Waals surface area (Å²) < 4.78 is 7.38. The van der Waals surface area contributed by atoms with Crippen LogP contribution in [0.25, 0.3) is 0 Å². The zero-order valence-corrected chi connectivity index (χ0v) is 14.7. The maximum absolute atomic E-state index is 12.5. The molecular formula is C17H28N4O3. The summed E-state index contributed by atoms with van der Waals surface area (Å²) in [6.45, 7) is 6.11. The van der Waals surface area contributed by atoms with E-state index in [2.05, 4.69) is 22.6 Å². The van der Waals surface area contributed by atoms with Crippen molar-refractivity contribution < 1.29 is 14.6 Å². The summed E-state index contributed by atoms with van der Waals surface area (Å²) in [6.07, 6.45) is 6.46. The maximum Gasteiger partial charge on any atom is 0.249 e. The Labute approximate surface area is 142 Å². The molecule has 0 spiro atoms. The third-order valence-electron chi connectivity index (χ3n) is 5.18. The lowest BCUT2D eigenvalue weighted by molar-refractivity contribution is -0.132. The Bertz CT molecular complexity index is 581. The van der Waals surface area contributed by atoms with E-state index in [1.54, 1.807) is 24.7 Å². The molecule has 1 amide bonds. The highest BCUT2D eigenvalue weighted by molar-refractivity contribution is 5.81. The minimum atomic E-state index is -1.02. The van der Waals surface area contributed by atoms with Crippen molar-refractivity contribution in [3.8, 4) is 0 Å². The van der Waals surface area contributed by atoms with Crippen LogP contribution in [-0.4, -0.2) is 44.8 Å². The summed E-state index contributed by atoms with van der Waals surface area (Å²) in [5, 5.41) is 21.5. The highest BCUT2D eigenvalue weighted by Gasteiger charge is 2.35. The molecule has 1 aromatic heterocycles. The molecule has 1 aromatic rings. The fourth-order valence-electron chi connectivity index (χ4n) is 3.61. The van der Waals surface area contributed by atoms with Crippen LogP contribution in [0.5, 0.6) is 0 Å². The largest absolute Gasteiger partial charge is 0.384 e. The van der Waals surface area contributed by atoms with E-state index in [0.717, 1.165) is 32.1 Å². The van der Waals surface area contributed by atoms with Crippen molar-refractivity contribution in [2.24, 2.45) is 5.92 Å². The number of aliphatic hydroxyl groups is 1. The number of ether oxygens (including phenoxy) is 1. The molecule has 2 N–H and O–H groups in total. The van der Waals surface area contributed by atoms with Crippen molar-refractivity contribution in [1.29, 1.82) is 0 Å². The molecule has 1 aliphatic heterocycles. The molecule has 1 aliphatic carbocycles. The van der Waals surface area contributed by atoms with E-state index < -0.39 is 5.60 Å². The van der Waals surface area contributed by atoms with E-state index >= 15 is 0 Å². The molecule has 0 bridgehead atoms. The zero-order chi connectivity index (χ0) is 17.3. The topological polar surface area (TPSA) is 89.3 Å². The van der Waals surface area contributed by atoms with Crippen LogP contribution >= 0.6 is 0 Å². The molecule has 0 radical (unpaired) electrons. The normalized spacial score (nSPS) is 31.2. The molecule has 1 saturated carbocycles. The second-order valence-electron chi connectivity index (χ2n) is 7.67. The highest BCUT2D eigenvalue weighted by Crippen LogP contribution is 2.30. The van der Waals surface area contributed by atoms with Crippen LogP contribution in [-0.2, 0) is 15.1 Å². The molecule has 2 fully saturated rings. The number of carbonyl (C=O) groups is 1. The lowest BCUT2D eigenvalue weighted by Crippen LogP contribution is -2.48. The summed E-state index contributed by atoms with van der Waals surface area (Å²) in [5.74, 6) is 0.250. The van der Waals surface area contributed by atoms with Crippen LogP contribution in [0.3, 0.4) is 0 Å². The van der Waals surface area contributed by atoms with Gasteiger partial charge in [0.25, 0.3) is 0 Å². The molecule has 2 aliphatic rings. The van der Waals surface area contributed by atoms with E-state index in [0.29, 0.717) is 12.3 Å². The maximum atomic E-state index is 12.5. The first-order valence-electron chi connectivity index (χ1n) is 8.93. The highest BCUT2D eigenvalue weighted by atomic mass is 16.5. The van der Waals surface area contributed by atoms with Crippen LogP contribution in [0.15, 0.2) is 6.20 Å². The smallest absolute Gasteiger partial charge is 0.249 e. The van der Waals surface area contributed by atoms with Gasteiger partial charge in [-0.1, -0.05) is 25.0 Å². The number of hydrogen-bond donors (Lipinski definition) is 2. The van der Waals surface area contributed by atoms with Crippen molar-refractivity contribution in [2.75, 3.05) is 6.61 Å². The van der Waals surface area contributed by atoms with Crippen LogP contribution in [0, 0.1) is 5.92 Å². The van der Waals surface area contributed by atoms with E-state index in [4.69, 9.17) is 4.74 Å². The number of rotatable bonds is 4. The number of carbonyl (C=O) groups excluding carboxylic acids is 1. The van der Waals surface area contributed by atoms with E-state index in [1.807, 2.05) is 0 Å². The van der Waals surface area contributed by atoms with Gasteiger partial charge in [-0.05, 0) is 39.0 Å². The van der Waals surface area contributed by atoms with E-state index in [9.17, 15) is 9.90 Å². The van der Waals surface area contributed by atoms with Crippen LogP contribution < -0.4 is 5.32 Å². The lowest BCUT2D eigenvalue weighted by Gasteiger charge is -2.33. The molecule has 4 atom stereocenters. The van der Waals surface area contributed by atoms with Gasteiger partial charge in [0.05, 0.1) is 18.3 Å². The molecular weight excluding hydrogens is 308 g/mol. The molecule has 7 nitrogen and oxygen atoms in total.